The van der Waals surface area contributed by atoms with Crippen molar-refractivity contribution in [3.05, 3.63) is 30.9 Å². The summed E-state index contributed by atoms with van der Waals surface area (Å²) in [6.45, 7) is 5.45. The Morgan fingerprint density at radius 2 is 1.93 bits per heavy atom. The Hall–Kier alpha value is -2.34. The second-order valence-corrected chi connectivity index (χ2v) is 9.28. The average molecular weight is 446 g/mol. The van der Waals surface area contributed by atoms with Crippen molar-refractivity contribution < 1.29 is 26.3 Å². The maximum atomic E-state index is 12.7. The number of ether oxygens (including phenoxy) is 1. The lowest BCUT2D eigenvalue weighted by Gasteiger charge is -2.12. The van der Waals surface area contributed by atoms with Crippen LogP contribution in [0.3, 0.4) is 0 Å². The van der Waals surface area contributed by atoms with Crippen molar-refractivity contribution in [3.63, 3.8) is 0 Å². The predicted octanol–water partition coefficient (Wildman–Crippen LogP) is 3.33. The van der Waals surface area contributed by atoms with E-state index in [-0.39, 0.29) is 11.8 Å². The normalized spacial score (nSPS) is 14.3. The molecule has 3 aromatic heterocycles. The fourth-order valence-corrected chi connectivity index (χ4v) is 4.02. The van der Waals surface area contributed by atoms with Crippen molar-refractivity contribution in [3.8, 4) is 17.1 Å². The molecule has 0 aromatic carbocycles. The highest BCUT2D eigenvalue weighted by Gasteiger charge is 2.39. The van der Waals surface area contributed by atoms with Crippen LogP contribution in [0.5, 0.6) is 5.75 Å². The molecule has 0 radical (unpaired) electrons. The van der Waals surface area contributed by atoms with Crippen LogP contribution in [0.2, 0.25) is 0 Å². The molecule has 0 saturated carbocycles. The van der Waals surface area contributed by atoms with Gasteiger partial charge in [-0.2, -0.15) is 13.2 Å². The van der Waals surface area contributed by atoms with Crippen molar-refractivity contribution >= 4 is 27.2 Å². The molecule has 0 amide bonds. The molecular formula is C17H17F3N4O3S2. The van der Waals surface area contributed by atoms with Gasteiger partial charge in [0.2, 0.25) is 0 Å². The number of rotatable bonds is 6. The molecule has 0 N–H and O–H groups in total. The Kier molecular flexibility index (Phi) is 6.03. The van der Waals surface area contributed by atoms with E-state index >= 15 is 0 Å². The highest BCUT2D eigenvalue weighted by Crippen LogP contribution is 2.29. The van der Waals surface area contributed by atoms with Crippen molar-refractivity contribution in [2.45, 2.75) is 42.3 Å². The van der Waals surface area contributed by atoms with Crippen LogP contribution < -0.4 is 4.74 Å². The summed E-state index contributed by atoms with van der Waals surface area (Å²) >= 11 is 0. The maximum absolute atomic E-state index is 12.7. The van der Waals surface area contributed by atoms with Gasteiger partial charge >= 0.3 is 5.51 Å². The van der Waals surface area contributed by atoms with Gasteiger partial charge in [-0.05, 0) is 13.8 Å². The summed E-state index contributed by atoms with van der Waals surface area (Å²) in [5, 5.41) is -0.645. The number of nitrogens with zero attached hydrogens (tertiary/aromatic N) is 4. The van der Waals surface area contributed by atoms with Crippen LogP contribution in [0, 0.1) is 0 Å². The third-order valence-corrected chi connectivity index (χ3v) is 6.02. The smallest absolute Gasteiger partial charge is 0.477 e. The van der Waals surface area contributed by atoms with Gasteiger partial charge in [0.15, 0.2) is 10.8 Å². The van der Waals surface area contributed by atoms with Gasteiger partial charge in [-0.1, -0.05) is 6.92 Å². The Labute approximate surface area is 169 Å². The summed E-state index contributed by atoms with van der Waals surface area (Å²) in [6, 6.07) is 2.62. The maximum Gasteiger partial charge on any atom is 0.477 e. The lowest BCUT2D eigenvalue weighted by atomic mass is 10.3. The van der Waals surface area contributed by atoms with E-state index in [2.05, 4.69) is 15.0 Å². The largest absolute Gasteiger partial charge is 0.489 e. The summed E-state index contributed by atoms with van der Waals surface area (Å²) in [4.78, 5) is 12.6. The molecule has 29 heavy (non-hydrogen) atoms. The monoisotopic (exact) mass is 446 g/mol. The van der Waals surface area contributed by atoms with Crippen LogP contribution in [-0.2, 0) is 21.6 Å². The number of pyridine rings is 1. The summed E-state index contributed by atoms with van der Waals surface area (Å²) in [5.41, 5.74) is -4.18. The number of hydrogen-bond acceptors (Lipinski definition) is 6. The highest BCUT2D eigenvalue weighted by molar-refractivity contribution is 7.85. The number of hydrogen-bond donors (Lipinski definition) is 0. The first-order chi connectivity index (χ1) is 13.6. The zero-order valence-corrected chi connectivity index (χ0v) is 17.3. The summed E-state index contributed by atoms with van der Waals surface area (Å²) in [7, 11) is -4.64. The Bertz CT molecular complexity index is 1100. The van der Waals surface area contributed by atoms with E-state index in [1.54, 1.807) is 13.0 Å². The van der Waals surface area contributed by atoms with E-state index < -0.39 is 32.1 Å². The second kappa shape index (κ2) is 8.19. The minimum absolute atomic E-state index is 0.0974. The van der Waals surface area contributed by atoms with Crippen LogP contribution in [0.15, 0.2) is 40.8 Å². The van der Waals surface area contributed by atoms with Crippen molar-refractivity contribution in [1.82, 2.24) is 19.4 Å². The van der Waals surface area contributed by atoms with Crippen LogP contribution in [0.25, 0.3) is 17.0 Å². The summed E-state index contributed by atoms with van der Waals surface area (Å²) < 4.78 is 69.1. The minimum atomic E-state index is -4.92. The van der Waals surface area contributed by atoms with Gasteiger partial charge in [-0.15, -0.1) is 0 Å². The van der Waals surface area contributed by atoms with E-state index in [1.165, 1.54) is 16.8 Å². The molecule has 2 unspecified atom stereocenters. The topological polar surface area (TPSA) is 86.5 Å². The van der Waals surface area contributed by atoms with Gasteiger partial charge in [0.05, 0.1) is 28.0 Å². The summed E-state index contributed by atoms with van der Waals surface area (Å²) in [6.07, 6.45) is 3.97. The average Bonchev–Trinajstić information content (AvgIpc) is 3.08. The fourth-order valence-electron chi connectivity index (χ4n) is 2.49. The van der Waals surface area contributed by atoms with Crippen molar-refractivity contribution in [1.29, 1.82) is 0 Å². The zero-order chi connectivity index (χ0) is 21.3. The Morgan fingerprint density at radius 1 is 1.21 bits per heavy atom. The van der Waals surface area contributed by atoms with Crippen LogP contribution in [0.4, 0.5) is 13.2 Å². The number of fused-ring (bicyclic) bond motifs is 1. The van der Waals surface area contributed by atoms with E-state index in [1.807, 2.05) is 13.8 Å². The first kappa shape index (κ1) is 21.4. The predicted molar refractivity (Wildman–Crippen MR) is 101 cm³/mol. The molecule has 2 atom stereocenters. The van der Waals surface area contributed by atoms with E-state index in [0.717, 1.165) is 12.4 Å². The molecule has 0 aliphatic heterocycles. The molecular weight excluding hydrogens is 429 g/mol. The molecule has 0 saturated heterocycles. The fraction of sp³-hybridized carbons (Fsp3) is 0.353. The molecule has 3 rings (SSSR count). The quantitative estimate of drug-likeness (QED) is 0.540. The molecule has 156 valence electrons. The molecule has 7 nitrogen and oxygen atoms in total. The minimum Gasteiger partial charge on any atom is -0.489 e. The standard InChI is InChI=1S/C17H17F3N4O3S2/c1-4-28(25)13-5-11(27-10(2)3)7-21-16(13)12-8-24-9-22-15(6-14(24)23-12)29(26)17(18,19)20/h5-10H,4H2,1-3H3. The molecule has 3 heterocycles. The Balaban J connectivity index is 2.08. The first-order valence-electron chi connectivity index (χ1n) is 8.49. The van der Waals surface area contributed by atoms with Gasteiger partial charge in [0.25, 0.3) is 0 Å². The third-order valence-electron chi connectivity index (χ3n) is 3.67. The van der Waals surface area contributed by atoms with Gasteiger partial charge in [-0.3, -0.25) is 8.61 Å². The van der Waals surface area contributed by atoms with Gasteiger partial charge in [0, 0.05) is 24.1 Å². The summed E-state index contributed by atoms with van der Waals surface area (Å²) in [5.74, 6) is 0.789. The molecule has 0 bridgehead atoms. The van der Waals surface area contributed by atoms with Crippen LogP contribution in [-0.4, -0.2) is 45.1 Å². The van der Waals surface area contributed by atoms with Gasteiger partial charge in [-0.25, -0.2) is 19.2 Å². The van der Waals surface area contributed by atoms with Crippen molar-refractivity contribution in [2.24, 2.45) is 0 Å². The molecule has 0 aliphatic carbocycles. The lowest BCUT2D eigenvalue weighted by Crippen LogP contribution is -2.17. The number of halogens is 3. The molecule has 0 aliphatic rings. The van der Waals surface area contributed by atoms with E-state index in [9.17, 15) is 21.6 Å². The second-order valence-electron chi connectivity index (χ2n) is 6.15. The van der Waals surface area contributed by atoms with E-state index in [0.29, 0.717) is 27.8 Å². The first-order valence-corrected chi connectivity index (χ1v) is 11.0. The molecule has 12 heteroatoms. The molecule has 3 aromatic rings. The number of imidazole rings is 1. The highest BCUT2D eigenvalue weighted by atomic mass is 32.2. The van der Waals surface area contributed by atoms with Crippen LogP contribution >= 0.6 is 0 Å². The number of aromatic nitrogens is 4. The lowest BCUT2D eigenvalue weighted by molar-refractivity contribution is -0.0386. The van der Waals surface area contributed by atoms with Crippen molar-refractivity contribution in [2.75, 3.05) is 5.75 Å². The van der Waals surface area contributed by atoms with Gasteiger partial charge in [0.1, 0.15) is 34.1 Å². The van der Waals surface area contributed by atoms with Gasteiger partial charge < -0.3 is 4.74 Å². The molecule has 0 fully saturated rings. The van der Waals surface area contributed by atoms with E-state index in [4.69, 9.17) is 4.74 Å². The molecule has 0 spiro atoms. The third kappa shape index (κ3) is 4.64. The number of alkyl halides is 3. The zero-order valence-electron chi connectivity index (χ0n) is 15.6. The SMILES string of the molecule is CCS(=O)c1cc(OC(C)C)cnc1-c1cn2cnc(S(=O)C(F)(F)F)cc2n1. The van der Waals surface area contributed by atoms with Crippen LogP contribution in [0.1, 0.15) is 20.8 Å². The Morgan fingerprint density at radius 3 is 2.55 bits per heavy atom.